The normalized spacial score (nSPS) is 15.6. The number of benzene rings is 8. The van der Waals surface area contributed by atoms with Gasteiger partial charge in [0.25, 0.3) is 0 Å². The van der Waals surface area contributed by atoms with Crippen molar-refractivity contribution in [2.45, 2.75) is 11.8 Å². The molecule has 0 N–H and O–H groups in total. The fraction of sp³-hybridized carbons (Fsp3) is 0.0364. The second-order valence-electron chi connectivity index (χ2n) is 15.3. The highest BCUT2D eigenvalue weighted by molar-refractivity contribution is 6.21. The van der Waals surface area contributed by atoms with E-state index in [1.807, 2.05) is 6.08 Å². The van der Waals surface area contributed by atoms with Gasteiger partial charge in [0, 0.05) is 12.1 Å². The Morgan fingerprint density at radius 3 is 2.05 bits per heavy atom. The van der Waals surface area contributed by atoms with Gasteiger partial charge in [-0.05, 0) is 119 Å². The molecule has 0 saturated carbocycles. The van der Waals surface area contributed by atoms with Gasteiger partial charge in [-0.15, -0.1) is 0 Å². The molecule has 9 aromatic rings. The summed E-state index contributed by atoms with van der Waals surface area (Å²) in [5.74, 6) is 1.00. The second-order valence-corrected chi connectivity index (χ2v) is 15.3. The molecular weight excluding hydrogens is 689 g/mol. The summed E-state index contributed by atoms with van der Waals surface area (Å²) < 4.78 is 2.28. The zero-order chi connectivity index (χ0) is 37.7. The summed E-state index contributed by atoms with van der Waals surface area (Å²) in [5, 5.41) is 2.69. The van der Waals surface area contributed by atoms with Gasteiger partial charge in [-0.3, -0.25) is 4.57 Å². The lowest BCUT2D eigenvalue weighted by Gasteiger charge is -2.32. The van der Waals surface area contributed by atoms with Crippen LogP contribution in [0, 0.1) is 0 Å². The molecule has 1 unspecified atom stereocenters. The summed E-state index contributed by atoms with van der Waals surface area (Å²) in [5.41, 5.74) is 20.9. The number of fused-ring (bicyclic) bond motifs is 15. The van der Waals surface area contributed by atoms with Crippen molar-refractivity contribution < 1.29 is 0 Å². The van der Waals surface area contributed by atoms with E-state index in [1.54, 1.807) is 0 Å². The topological polar surface area (TPSA) is 17.8 Å². The molecule has 0 amide bonds. The highest BCUT2D eigenvalue weighted by Gasteiger charge is 2.53. The fourth-order valence-electron chi connectivity index (χ4n) is 10.5. The molecule has 1 spiro atoms. The molecule has 266 valence electrons. The van der Waals surface area contributed by atoms with E-state index < -0.39 is 5.41 Å². The zero-order valence-corrected chi connectivity index (χ0v) is 31.3. The van der Waals surface area contributed by atoms with E-state index >= 15 is 0 Å². The molecule has 57 heavy (non-hydrogen) atoms. The third-order valence-electron chi connectivity index (χ3n) is 12.6. The van der Waals surface area contributed by atoms with Crippen LogP contribution in [0.1, 0.15) is 33.6 Å². The van der Waals surface area contributed by atoms with E-state index in [2.05, 4.69) is 199 Å². The van der Waals surface area contributed by atoms with E-state index in [1.165, 1.54) is 83.1 Å². The third kappa shape index (κ3) is 4.27. The highest BCUT2D eigenvalue weighted by Crippen LogP contribution is 2.66. The molecule has 3 aliphatic carbocycles. The number of imidazole rings is 1. The lowest BCUT2D eigenvalue weighted by molar-refractivity contribution is 0.792. The second kappa shape index (κ2) is 12.1. The number of hydrogen-bond donors (Lipinski definition) is 0. The third-order valence-corrected chi connectivity index (χ3v) is 12.6. The van der Waals surface area contributed by atoms with Gasteiger partial charge in [-0.25, -0.2) is 4.98 Å². The Hall–Kier alpha value is -7.29. The Morgan fingerprint density at radius 2 is 1.23 bits per heavy atom. The average Bonchev–Trinajstić information content (AvgIpc) is 3.98. The van der Waals surface area contributed by atoms with E-state index in [0.717, 1.165) is 28.1 Å². The van der Waals surface area contributed by atoms with E-state index in [-0.39, 0.29) is 0 Å². The monoisotopic (exact) mass is 724 g/mol. The Balaban J connectivity index is 1.09. The molecule has 0 radical (unpaired) electrons. The van der Waals surface area contributed by atoms with Gasteiger partial charge in [0.2, 0.25) is 0 Å². The number of hydrogen-bond acceptors (Lipinski definition) is 1. The van der Waals surface area contributed by atoms with Crippen molar-refractivity contribution in [3.63, 3.8) is 0 Å². The minimum atomic E-state index is -0.526. The van der Waals surface area contributed by atoms with Crippen LogP contribution >= 0.6 is 0 Å². The maximum Gasteiger partial charge on any atom is 0.118 e. The smallest absolute Gasteiger partial charge is 0.118 e. The van der Waals surface area contributed by atoms with Crippen molar-refractivity contribution in [1.82, 2.24) is 9.55 Å². The molecule has 0 fully saturated rings. The molecule has 1 heterocycles. The SMILES string of the molecule is C=C/C=C(\C=C/Cc1nc2ccccc2n1-c1ccccc1)c1cccc2c1C1(c3ccccc3-2)c2ccccc2-c2c1cc1c3c(cccc23)-c2ccccc2-1. The van der Waals surface area contributed by atoms with Crippen LogP contribution in [0.15, 0.2) is 201 Å². The Labute approximate surface area is 332 Å². The molecule has 0 aliphatic heterocycles. The minimum absolute atomic E-state index is 0.526. The van der Waals surface area contributed by atoms with Crippen LogP contribution in [0.25, 0.3) is 77.6 Å². The van der Waals surface area contributed by atoms with Crippen LogP contribution in [-0.2, 0) is 11.8 Å². The summed E-state index contributed by atoms with van der Waals surface area (Å²) in [7, 11) is 0. The van der Waals surface area contributed by atoms with Crippen molar-refractivity contribution in [3.05, 3.63) is 234 Å². The summed E-state index contributed by atoms with van der Waals surface area (Å²) in [6, 6.07) is 62.5. The number of para-hydroxylation sites is 3. The average molecular weight is 725 g/mol. The lowest BCUT2D eigenvalue weighted by Crippen LogP contribution is -2.27. The first-order valence-corrected chi connectivity index (χ1v) is 19.8. The molecule has 2 nitrogen and oxygen atoms in total. The van der Waals surface area contributed by atoms with Crippen LogP contribution in [-0.4, -0.2) is 9.55 Å². The van der Waals surface area contributed by atoms with Crippen molar-refractivity contribution >= 4 is 27.4 Å². The molecular formula is C55H36N2. The van der Waals surface area contributed by atoms with Crippen molar-refractivity contribution in [2.75, 3.05) is 0 Å². The molecule has 0 bridgehead atoms. The Morgan fingerprint density at radius 1 is 0.579 bits per heavy atom. The first-order chi connectivity index (χ1) is 28.3. The largest absolute Gasteiger partial charge is 0.296 e. The van der Waals surface area contributed by atoms with Gasteiger partial charge in [-0.1, -0.05) is 170 Å². The van der Waals surface area contributed by atoms with E-state index in [4.69, 9.17) is 4.98 Å². The molecule has 12 rings (SSSR count). The minimum Gasteiger partial charge on any atom is -0.296 e. The van der Waals surface area contributed by atoms with Gasteiger partial charge in [0.15, 0.2) is 0 Å². The van der Waals surface area contributed by atoms with Gasteiger partial charge in [0.05, 0.1) is 16.4 Å². The standard InChI is InChI=1S/C55H36N2/c1-2-17-35(18-14-33-51-56-49-31-12-13-32-50(49)57(51)36-19-4-3-5-20-36)37-25-15-27-42-40-23-8-10-29-46(40)55(54(37)42)47-30-11-9-24-43(47)53-44-28-16-26-41-38-21-6-7-22-39(38)45(52(41)44)34-48(53)55/h2-32,34H,1,33H2/b18-14-,35-17+. The summed E-state index contributed by atoms with van der Waals surface area (Å²) in [6.45, 7) is 4.23. The summed E-state index contributed by atoms with van der Waals surface area (Å²) in [4.78, 5) is 5.13. The van der Waals surface area contributed by atoms with Crippen LogP contribution in [0.5, 0.6) is 0 Å². The molecule has 1 aromatic heterocycles. The predicted molar refractivity (Wildman–Crippen MR) is 237 cm³/mol. The molecule has 8 aromatic carbocycles. The summed E-state index contributed by atoms with van der Waals surface area (Å²) in [6.07, 6.45) is 9.32. The maximum atomic E-state index is 5.13. The van der Waals surface area contributed by atoms with Crippen molar-refractivity contribution in [3.8, 4) is 50.2 Å². The van der Waals surface area contributed by atoms with Crippen LogP contribution in [0.4, 0.5) is 0 Å². The van der Waals surface area contributed by atoms with Gasteiger partial charge in [-0.2, -0.15) is 0 Å². The number of rotatable bonds is 6. The molecule has 1 atom stereocenters. The van der Waals surface area contributed by atoms with Gasteiger partial charge < -0.3 is 0 Å². The fourth-order valence-corrected chi connectivity index (χ4v) is 10.5. The first-order valence-electron chi connectivity index (χ1n) is 19.8. The zero-order valence-electron chi connectivity index (χ0n) is 31.3. The summed E-state index contributed by atoms with van der Waals surface area (Å²) >= 11 is 0. The van der Waals surface area contributed by atoms with Crippen molar-refractivity contribution in [2.24, 2.45) is 0 Å². The number of aromatic nitrogens is 2. The Bertz CT molecular complexity index is 3230. The van der Waals surface area contributed by atoms with Gasteiger partial charge >= 0.3 is 0 Å². The molecule has 3 aliphatic rings. The predicted octanol–water partition coefficient (Wildman–Crippen LogP) is 13.5. The van der Waals surface area contributed by atoms with E-state index in [0.29, 0.717) is 6.42 Å². The number of allylic oxidation sites excluding steroid dienone is 5. The first kappa shape index (κ1) is 32.0. The van der Waals surface area contributed by atoms with Gasteiger partial charge in [0.1, 0.15) is 5.82 Å². The van der Waals surface area contributed by atoms with Crippen molar-refractivity contribution in [1.29, 1.82) is 0 Å². The maximum absolute atomic E-state index is 5.13. The van der Waals surface area contributed by atoms with Crippen LogP contribution in [0.3, 0.4) is 0 Å². The number of nitrogens with zero attached hydrogens (tertiary/aromatic N) is 2. The lowest BCUT2D eigenvalue weighted by atomic mass is 9.68. The van der Waals surface area contributed by atoms with E-state index in [9.17, 15) is 0 Å². The quantitative estimate of drug-likeness (QED) is 0.156. The molecule has 0 saturated heterocycles. The Kier molecular flexibility index (Phi) is 6.80. The van der Waals surface area contributed by atoms with Crippen LogP contribution < -0.4 is 0 Å². The highest BCUT2D eigenvalue weighted by atomic mass is 15.1. The van der Waals surface area contributed by atoms with Crippen LogP contribution in [0.2, 0.25) is 0 Å². The molecule has 2 heteroatoms.